The molecule has 29 heavy (non-hydrogen) atoms. The van der Waals surface area contributed by atoms with Gasteiger partial charge in [-0.15, -0.1) is 0 Å². The van der Waals surface area contributed by atoms with Gasteiger partial charge in [0.15, 0.2) is 0 Å². The predicted molar refractivity (Wildman–Crippen MR) is 116 cm³/mol. The molecule has 0 spiro atoms. The molecule has 182 valence electrons. The monoisotopic (exact) mass is 457 g/mol. The van der Waals surface area contributed by atoms with Gasteiger partial charge in [-0.25, -0.2) is 0 Å². The van der Waals surface area contributed by atoms with Gasteiger partial charge in [0, 0.05) is 0 Å². The number of unbranched alkanes of at least 4 members (excludes halogenated alkanes) is 15. The van der Waals surface area contributed by atoms with Crippen LogP contribution in [0.1, 0.15) is 110 Å². The van der Waals surface area contributed by atoms with Gasteiger partial charge in [-0.05, 0) is 12.8 Å². The van der Waals surface area contributed by atoms with Crippen LogP contribution in [0.2, 0.25) is 0 Å². The molecule has 0 amide bonds. The summed E-state index contributed by atoms with van der Waals surface area (Å²) in [5.74, 6) is 0. The van der Waals surface area contributed by atoms with Crippen LogP contribution in [0.3, 0.4) is 0 Å². The predicted octanol–water partition coefficient (Wildman–Crippen LogP) is 10.3. The molecule has 0 fully saturated rings. The van der Waals surface area contributed by atoms with E-state index in [4.69, 9.17) is 0 Å². The molecule has 0 radical (unpaired) electrons. The van der Waals surface area contributed by atoms with Crippen molar-refractivity contribution in [2.75, 3.05) is 27.7 Å². The molecule has 0 aliphatic carbocycles. The Morgan fingerprint density at radius 1 is 0.448 bits per heavy atom. The first kappa shape index (κ1) is 31.2. The first-order chi connectivity index (χ1) is 13.0. The fraction of sp³-hybridized carbons (Fsp3) is 1.00. The molecule has 8 heteroatoms. The van der Waals surface area contributed by atoms with Gasteiger partial charge < -0.3 is 4.48 Å². The summed E-state index contributed by atoms with van der Waals surface area (Å²) in [6.07, 6.45) is 23.4. The SMILES string of the molecule is CCCCCCCCCCCCCCCCCC[N+](C)(C)C.F[P-](F)(F)(F)(F)F. The fourth-order valence-corrected chi connectivity index (χ4v) is 3.13. The molecule has 0 aliphatic rings. The molecule has 0 heterocycles. The van der Waals surface area contributed by atoms with E-state index in [1.807, 2.05) is 0 Å². The molecule has 0 saturated heterocycles. The molecule has 0 N–H and O–H groups in total. The van der Waals surface area contributed by atoms with Crippen molar-refractivity contribution in [1.29, 1.82) is 0 Å². The number of hydrogen-bond acceptors (Lipinski definition) is 0. The molecule has 0 unspecified atom stereocenters. The Morgan fingerprint density at radius 3 is 0.862 bits per heavy atom. The normalized spacial score (nSPS) is 14.7. The van der Waals surface area contributed by atoms with Gasteiger partial charge in [-0.1, -0.05) is 96.8 Å². The van der Waals surface area contributed by atoms with Crippen molar-refractivity contribution in [2.24, 2.45) is 0 Å². The topological polar surface area (TPSA) is 0 Å². The summed E-state index contributed by atoms with van der Waals surface area (Å²) in [6, 6.07) is 0. The Kier molecular flexibility index (Phi) is 15.2. The molecule has 0 atom stereocenters. The second-order valence-corrected chi connectivity index (χ2v) is 11.2. The van der Waals surface area contributed by atoms with E-state index < -0.39 is 7.81 Å². The number of halogens is 6. The van der Waals surface area contributed by atoms with Crippen LogP contribution in [-0.4, -0.2) is 32.2 Å². The van der Waals surface area contributed by atoms with Crippen LogP contribution in [-0.2, 0) is 0 Å². The molecule has 0 aromatic heterocycles. The fourth-order valence-electron chi connectivity index (χ4n) is 3.13. The summed E-state index contributed by atoms with van der Waals surface area (Å²) in [5.41, 5.74) is 0. The van der Waals surface area contributed by atoms with Crippen molar-refractivity contribution < 1.29 is 29.7 Å². The summed E-state index contributed by atoms with van der Waals surface area (Å²) < 4.78 is 60.3. The van der Waals surface area contributed by atoms with E-state index in [-0.39, 0.29) is 0 Å². The van der Waals surface area contributed by atoms with E-state index in [1.54, 1.807) is 0 Å². The van der Waals surface area contributed by atoms with E-state index >= 15 is 0 Å². The Labute approximate surface area is 175 Å². The molecule has 1 nitrogen and oxygen atoms in total. The van der Waals surface area contributed by atoms with E-state index in [1.165, 1.54) is 109 Å². The molecule has 0 bridgehead atoms. The molecular formula is C21H46F6NP. The van der Waals surface area contributed by atoms with Gasteiger partial charge in [-0.3, -0.25) is 0 Å². The Bertz CT molecular complexity index is 364. The van der Waals surface area contributed by atoms with Crippen LogP contribution >= 0.6 is 7.81 Å². The molecule has 0 aromatic rings. The second kappa shape index (κ2) is 14.1. The summed E-state index contributed by atoms with van der Waals surface area (Å²) in [7, 11) is -3.77. The Morgan fingerprint density at radius 2 is 0.655 bits per heavy atom. The standard InChI is InChI=1S/C21H46N.F6P/c1-5-6-7-8-9-10-11-12-13-14-15-16-17-18-19-20-21-22(2,3)4;1-7(2,3,4,5)6/h5-21H2,1-4H3;/q+1;-1. The molecule has 0 aliphatic heterocycles. The number of nitrogens with zero attached hydrogens (tertiary/aromatic N) is 1. The van der Waals surface area contributed by atoms with Gasteiger partial charge in [0.2, 0.25) is 0 Å². The summed E-state index contributed by atoms with van der Waals surface area (Å²) in [5, 5.41) is 0. The van der Waals surface area contributed by atoms with Crippen LogP contribution in [0.5, 0.6) is 0 Å². The van der Waals surface area contributed by atoms with Gasteiger partial charge in [0.25, 0.3) is 0 Å². The van der Waals surface area contributed by atoms with Crippen molar-refractivity contribution in [3.8, 4) is 0 Å². The molecule has 0 rings (SSSR count). The number of hydrogen-bond donors (Lipinski definition) is 0. The maximum atomic E-state index is 9.87. The molecule has 0 saturated carbocycles. The summed E-state index contributed by atoms with van der Waals surface area (Å²) >= 11 is 0. The third-order valence-corrected chi connectivity index (χ3v) is 4.68. The van der Waals surface area contributed by atoms with Crippen molar-refractivity contribution in [3.05, 3.63) is 0 Å². The van der Waals surface area contributed by atoms with Crippen LogP contribution in [0.4, 0.5) is 25.2 Å². The van der Waals surface area contributed by atoms with E-state index in [0.29, 0.717) is 0 Å². The van der Waals surface area contributed by atoms with Crippen molar-refractivity contribution in [3.63, 3.8) is 0 Å². The van der Waals surface area contributed by atoms with Crippen LogP contribution in [0.15, 0.2) is 0 Å². The van der Waals surface area contributed by atoms with Crippen molar-refractivity contribution in [2.45, 2.75) is 110 Å². The summed E-state index contributed by atoms with van der Waals surface area (Å²) in [4.78, 5) is 0. The Hall–Kier alpha value is -0.0300. The summed E-state index contributed by atoms with van der Waals surface area (Å²) in [6.45, 7) is 3.63. The number of rotatable bonds is 17. The molecule has 0 aromatic carbocycles. The molecular weight excluding hydrogens is 411 g/mol. The quantitative estimate of drug-likeness (QED) is 0.0882. The average molecular weight is 458 g/mol. The first-order valence-electron chi connectivity index (χ1n) is 11.4. The third-order valence-electron chi connectivity index (χ3n) is 4.68. The maximum absolute atomic E-state index is 10.7. The zero-order chi connectivity index (χ0) is 22.9. The van der Waals surface area contributed by atoms with Gasteiger partial charge in [-0.2, -0.15) is 0 Å². The van der Waals surface area contributed by atoms with E-state index in [9.17, 15) is 25.2 Å². The Balaban J connectivity index is 0. The average Bonchev–Trinajstić information content (AvgIpc) is 2.50. The van der Waals surface area contributed by atoms with E-state index in [2.05, 4.69) is 28.1 Å². The van der Waals surface area contributed by atoms with Crippen LogP contribution in [0.25, 0.3) is 0 Å². The minimum atomic E-state index is -10.7. The first-order valence-corrected chi connectivity index (χ1v) is 13.4. The minimum absolute atomic E-state index is 1.12. The van der Waals surface area contributed by atoms with Gasteiger partial charge in [0.05, 0.1) is 27.7 Å². The zero-order valence-corrected chi connectivity index (χ0v) is 20.1. The van der Waals surface area contributed by atoms with Gasteiger partial charge in [0.1, 0.15) is 0 Å². The van der Waals surface area contributed by atoms with Crippen molar-refractivity contribution >= 4 is 7.81 Å². The second-order valence-electron chi connectivity index (χ2n) is 9.28. The van der Waals surface area contributed by atoms with E-state index in [0.717, 1.165) is 4.48 Å². The number of quaternary nitrogens is 1. The van der Waals surface area contributed by atoms with Crippen LogP contribution in [0, 0.1) is 0 Å². The van der Waals surface area contributed by atoms with Crippen LogP contribution < -0.4 is 0 Å². The third kappa shape index (κ3) is 52.4. The zero-order valence-electron chi connectivity index (χ0n) is 19.2. The van der Waals surface area contributed by atoms with Gasteiger partial charge >= 0.3 is 33.0 Å². The van der Waals surface area contributed by atoms with Crippen molar-refractivity contribution in [1.82, 2.24) is 0 Å².